The molecule has 2 aromatic carbocycles. The van der Waals surface area contributed by atoms with Gasteiger partial charge in [-0.15, -0.1) is 0 Å². The first-order chi connectivity index (χ1) is 10.9. The maximum Gasteiger partial charge on any atom is 0.213 e. The average molecular weight is 332 g/mol. The van der Waals surface area contributed by atoms with Gasteiger partial charge < -0.3 is 10.5 Å². The predicted molar refractivity (Wildman–Crippen MR) is 90.6 cm³/mol. The summed E-state index contributed by atoms with van der Waals surface area (Å²) in [4.78, 5) is 0. The Morgan fingerprint density at radius 3 is 2.35 bits per heavy atom. The minimum atomic E-state index is -3.62. The van der Waals surface area contributed by atoms with E-state index in [2.05, 4.69) is 0 Å². The standard InChI is InChI=1S/C17H20N2O3S/c1-22-15-8-7-12(10-23(19,20)21)16(13-9-14(13)18)17(15)11-5-3-2-4-6-11/h2-8,13-14H,9-10,18H2,1H3,(H2,19,20,21). The van der Waals surface area contributed by atoms with Crippen LogP contribution < -0.4 is 15.6 Å². The molecule has 122 valence electrons. The number of benzene rings is 2. The lowest BCUT2D eigenvalue weighted by atomic mass is 9.91. The van der Waals surface area contributed by atoms with Gasteiger partial charge in [-0.2, -0.15) is 0 Å². The van der Waals surface area contributed by atoms with Crippen LogP contribution >= 0.6 is 0 Å². The van der Waals surface area contributed by atoms with Crippen molar-refractivity contribution in [2.75, 3.05) is 7.11 Å². The number of nitrogens with two attached hydrogens (primary N) is 2. The molecule has 6 heteroatoms. The predicted octanol–water partition coefficient (Wildman–Crippen LogP) is 1.97. The SMILES string of the molecule is COc1ccc(CS(N)(=O)=O)c(C2CC2N)c1-c1ccccc1. The lowest BCUT2D eigenvalue weighted by Crippen LogP contribution is -2.16. The molecule has 1 fully saturated rings. The number of hydrogen-bond donors (Lipinski definition) is 2. The second-order valence-corrected chi connectivity index (χ2v) is 7.51. The van der Waals surface area contributed by atoms with Crippen LogP contribution in [0.3, 0.4) is 0 Å². The summed E-state index contributed by atoms with van der Waals surface area (Å²) in [5.41, 5.74) is 9.58. The van der Waals surface area contributed by atoms with Crippen LogP contribution in [0.25, 0.3) is 11.1 Å². The van der Waals surface area contributed by atoms with Crippen molar-refractivity contribution in [2.24, 2.45) is 10.9 Å². The second kappa shape index (κ2) is 5.96. The number of sulfonamides is 1. The first kappa shape index (κ1) is 16.0. The van der Waals surface area contributed by atoms with Crippen LogP contribution in [0.5, 0.6) is 5.75 Å². The molecule has 23 heavy (non-hydrogen) atoms. The van der Waals surface area contributed by atoms with Crippen molar-refractivity contribution in [3.8, 4) is 16.9 Å². The minimum Gasteiger partial charge on any atom is -0.496 e. The third-order valence-electron chi connectivity index (χ3n) is 4.15. The zero-order chi connectivity index (χ0) is 16.6. The monoisotopic (exact) mass is 332 g/mol. The van der Waals surface area contributed by atoms with Gasteiger partial charge in [0.05, 0.1) is 12.9 Å². The molecule has 0 aromatic heterocycles. The van der Waals surface area contributed by atoms with Gasteiger partial charge in [0.1, 0.15) is 5.75 Å². The highest BCUT2D eigenvalue weighted by molar-refractivity contribution is 7.88. The summed E-state index contributed by atoms with van der Waals surface area (Å²) in [6.07, 6.45) is 0.838. The first-order valence-electron chi connectivity index (χ1n) is 7.42. The molecule has 2 unspecified atom stereocenters. The van der Waals surface area contributed by atoms with Crippen molar-refractivity contribution in [1.29, 1.82) is 0 Å². The van der Waals surface area contributed by atoms with Gasteiger partial charge >= 0.3 is 0 Å². The van der Waals surface area contributed by atoms with Gasteiger partial charge in [0, 0.05) is 17.5 Å². The Balaban J connectivity index is 2.24. The van der Waals surface area contributed by atoms with Gasteiger partial charge in [0.15, 0.2) is 0 Å². The minimum absolute atomic E-state index is 0.0452. The molecule has 1 saturated carbocycles. The van der Waals surface area contributed by atoms with Crippen molar-refractivity contribution in [3.05, 3.63) is 53.6 Å². The molecule has 3 rings (SSSR count). The molecule has 0 radical (unpaired) electrons. The van der Waals surface area contributed by atoms with Crippen LogP contribution in [0.4, 0.5) is 0 Å². The van der Waals surface area contributed by atoms with E-state index in [1.165, 1.54) is 0 Å². The average Bonchev–Trinajstić information content (AvgIpc) is 3.22. The van der Waals surface area contributed by atoms with Gasteiger partial charge in [-0.3, -0.25) is 0 Å². The van der Waals surface area contributed by atoms with E-state index in [0.29, 0.717) is 11.3 Å². The largest absolute Gasteiger partial charge is 0.496 e. The highest BCUT2D eigenvalue weighted by Crippen LogP contribution is 2.48. The fourth-order valence-electron chi connectivity index (χ4n) is 3.03. The van der Waals surface area contributed by atoms with E-state index in [4.69, 9.17) is 15.6 Å². The highest BCUT2D eigenvalue weighted by atomic mass is 32.2. The highest BCUT2D eigenvalue weighted by Gasteiger charge is 2.39. The molecule has 5 nitrogen and oxygen atoms in total. The third kappa shape index (κ3) is 3.39. The number of ether oxygens (including phenoxy) is 1. The molecular weight excluding hydrogens is 312 g/mol. The molecule has 0 heterocycles. The summed E-state index contributed by atoms with van der Waals surface area (Å²) < 4.78 is 28.7. The molecule has 1 aliphatic rings. The molecular formula is C17H20N2O3S. The molecule has 2 aromatic rings. The number of hydrogen-bond acceptors (Lipinski definition) is 4. The van der Waals surface area contributed by atoms with E-state index in [-0.39, 0.29) is 17.7 Å². The van der Waals surface area contributed by atoms with Crippen molar-refractivity contribution in [2.45, 2.75) is 24.1 Å². The summed E-state index contributed by atoms with van der Waals surface area (Å²) in [7, 11) is -2.01. The molecule has 0 saturated heterocycles. The van der Waals surface area contributed by atoms with Crippen LogP contribution in [0.2, 0.25) is 0 Å². The fourth-order valence-corrected chi connectivity index (χ4v) is 3.71. The van der Waals surface area contributed by atoms with Crippen LogP contribution in [0, 0.1) is 0 Å². The van der Waals surface area contributed by atoms with E-state index in [1.54, 1.807) is 19.2 Å². The Morgan fingerprint density at radius 2 is 1.83 bits per heavy atom. The second-order valence-electron chi connectivity index (χ2n) is 5.89. The zero-order valence-corrected chi connectivity index (χ0v) is 13.7. The van der Waals surface area contributed by atoms with Crippen molar-refractivity contribution in [3.63, 3.8) is 0 Å². The van der Waals surface area contributed by atoms with E-state index in [9.17, 15) is 8.42 Å². The lowest BCUT2D eigenvalue weighted by Gasteiger charge is -2.18. The van der Waals surface area contributed by atoms with E-state index < -0.39 is 10.0 Å². The van der Waals surface area contributed by atoms with Gasteiger partial charge in [0.2, 0.25) is 10.0 Å². The topological polar surface area (TPSA) is 95.4 Å². The summed E-state index contributed by atoms with van der Waals surface area (Å²) in [6.45, 7) is 0. The maximum absolute atomic E-state index is 11.6. The molecule has 4 N–H and O–H groups in total. The van der Waals surface area contributed by atoms with E-state index in [1.807, 2.05) is 30.3 Å². The van der Waals surface area contributed by atoms with Crippen LogP contribution in [-0.4, -0.2) is 21.6 Å². The Labute approximate surface area is 136 Å². The Hall–Kier alpha value is -1.89. The zero-order valence-electron chi connectivity index (χ0n) is 12.9. The lowest BCUT2D eigenvalue weighted by molar-refractivity contribution is 0.416. The summed E-state index contributed by atoms with van der Waals surface area (Å²) >= 11 is 0. The summed E-state index contributed by atoms with van der Waals surface area (Å²) in [5.74, 6) is 0.649. The smallest absolute Gasteiger partial charge is 0.213 e. The molecule has 0 spiro atoms. The normalized spacial score (nSPS) is 20.3. The number of methoxy groups -OCH3 is 1. The van der Waals surface area contributed by atoms with Crippen LogP contribution in [0.1, 0.15) is 23.5 Å². The maximum atomic E-state index is 11.6. The quantitative estimate of drug-likeness (QED) is 0.875. The van der Waals surface area contributed by atoms with Crippen LogP contribution in [0.15, 0.2) is 42.5 Å². The van der Waals surface area contributed by atoms with Crippen molar-refractivity contribution < 1.29 is 13.2 Å². The van der Waals surface area contributed by atoms with Gasteiger partial charge in [0.25, 0.3) is 0 Å². The Kier molecular flexibility index (Phi) is 4.14. The van der Waals surface area contributed by atoms with Gasteiger partial charge in [-0.05, 0) is 29.2 Å². The number of rotatable bonds is 5. The molecule has 1 aliphatic carbocycles. The molecule has 2 atom stereocenters. The van der Waals surface area contributed by atoms with Gasteiger partial charge in [-0.25, -0.2) is 13.6 Å². The summed E-state index contributed by atoms with van der Waals surface area (Å²) in [6, 6.07) is 13.4. The molecule has 0 aliphatic heterocycles. The van der Waals surface area contributed by atoms with E-state index >= 15 is 0 Å². The fraction of sp³-hybridized carbons (Fsp3) is 0.294. The summed E-state index contributed by atoms with van der Waals surface area (Å²) in [5, 5.41) is 5.26. The van der Waals surface area contributed by atoms with Crippen molar-refractivity contribution >= 4 is 10.0 Å². The third-order valence-corrected chi connectivity index (χ3v) is 4.86. The molecule has 0 amide bonds. The first-order valence-corrected chi connectivity index (χ1v) is 9.13. The van der Waals surface area contributed by atoms with Crippen LogP contribution in [-0.2, 0) is 15.8 Å². The van der Waals surface area contributed by atoms with Gasteiger partial charge in [-0.1, -0.05) is 36.4 Å². The Bertz CT molecular complexity index is 819. The Morgan fingerprint density at radius 1 is 1.17 bits per heavy atom. The van der Waals surface area contributed by atoms with Crippen molar-refractivity contribution in [1.82, 2.24) is 0 Å². The molecule has 0 bridgehead atoms. The number of primary sulfonamides is 1. The van der Waals surface area contributed by atoms with E-state index in [0.717, 1.165) is 23.1 Å².